The van der Waals surface area contributed by atoms with E-state index in [9.17, 15) is 8.42 Å². The summed E-state index contributed by atoms with van der Waals surface area (Å²) in [5.74, 6) is 0.319. The number of hydrogen-bond donors (Lipinski definition) is 0. The van der Waals surface area contributed by atoms with Gasteiger partial charge >= 0.3 is 0 Å². The lowest BCUT2D eigenvalue weighted by Gasteiger charge is -2.23. The Balaban J connectivity index is 2.51. The summed E-state index contributed by atoms with van der Waals surface area (Å²) in [7, 11) is -2.33. The lowest BCUT2D eigenvalue weighted by molar-refractivity contribution is 0.406. The van der Waals surface area contributed by atoms with Gasteiger partial charge in [0.2, 0.25) is 0 Å². The molecule has 7 heteroatoms. The predicted molar refractivity (Wildman–Crippen MR) is 86.8 cm³/mol. The second-order valence-electron chi connectivity index (χ2n) is 4.60. The van der Waals surface area contributed by atoms with Gasteiger partial charge in [-0.2, -0.15) is 5.26 Å². The number of rotatable bonds is 6. The Bertz CT molecular complexity index is 791. The maximum Gasteiger partial charge on any atom is 0.277 e. The molecule has 1 aromatic carbocycles. The lowest BCUT2D eigenvalue weighted by Crippen LogP contribution is -2.31. The molecule has 0 saturated heterocycles. The Kier molecular flexibility index (Phi) is 5.06. The van der Waals surface area contributed by atoms with Crippen molar-refractivity contribution in [2.45, 2.75) is 17.6 Å². The number of sulfonamides is 1. The summed E-state index contributed by atoms with van der Waals surface area (Å²) in [5, 5.41) is 10.5. The molecular weight excluding hydrogens is 320 g/mol. The molecule has 0 aliphatic carbocycles. The first-order valence-electron chi connectivity index (χ1n) is 6.58. The van der Waals surface area contributed by atoms with Crippen molar-refractivity contribution in [3.05, 3.63) is 41.3 Å². The van der Waals surface area contributed by atoms with Gasteiger partial charge in [0.1, 0.15) is 5.75 Å². The summed E-state index contributed by atoms with van der Waals surface area (Å²) in [5.41, 5.74) is 1.50. The van der Waals surface area contributed by atoms with E-state index in [0.29, 0.717) is 11.4 Å². The molecule has 2 aromatic rings. The fourth-order valence-electron chi connectivity index (χ4n) is 2.05. The number of anilines is 1. The van der Waals surface area contributed by atoms with Crippen LogP contribution in [0.5, 0.6) is 5.75 Å². The number of thiophene rings is 1. The molecule has 0 bridgehead atoms. The molecule has 0 fully saturated rings. The fraction of sp³-hybridized carbons (Fsp3) is 0.267. The van der Waals surface area contributed by atoms with Crippen LogP contribution in [0.25, 0.3) is 0 Å². The van der Waals surface area contributed by atoms with Crippen LogP contribution < -0.4 is 9.04 Å². The Morgan fingerprint density at radius 2 is 2.14 bits per heavy atom. The number of benzene rings is 1. The number of ether oxygens (including phenoxy) is 1. The maximum absolute atomic E-state index is 12.9. The summed E-state index contributed by atoms with van der Waals surface area (Å²) in [6.07, 6.45) is 0.112. The average Bonchev–Trinajstić information content (AvgIpc) is 2.97. The quantitative estimate of drug-likeness (QED) is 0.812. The first-order valence-corrected chi connectivity index (χ1v) is 8.90. The van der Waals surface area contributed by atoms with Gasteiger partial charge in [0.15, 0.2) is 4.21 Å². The third-order valence-electron chi connectivity index (χ3n) is 3.06. The van der Waals surface area contributed by atoms with Crippen LogP contribution in [-0.4, -0.2) is 22.1 Å². The smallest absolute Gasteiger partial charge is 0.277 e. The average molecular weight is 336 g/mol. The van der Waals surface area contributed by atoms with Crippen molar-refractivity contribution in [1.82, 2.24) is 0 Å². The number of methoxy groups -OCH3 is 1. The monoisotopic (exact) mass is 336 g/mol. The minimum atomic E-state index is -3.77. The molecule has 0 radical (unpaired) electrons. The van der Waals surface area contributed by atoms with Gasteiger partial charge in [-0.05, 0) is 36.1 Å². The molecule has 1 aromatic heterocycles. The van der Waals surface area contributed by atoms with Gasteiger partial charge in [-0.1, -0.05) is 12.1 Å². The van der Waals surface area contributed by atoms with Crippen molar-refractivity contribution in [2.24, 2.45) is 0 Å². The van der Waals surface area contributed by atoms with Crippen LogP contribution >= 0.6 is 11.3 Å². The van der Waals surface area contributed by atoms with Gasteiger partial charge in [-0.3, -0.25) is 4.31 Å². The maximum atomic E-state index is 12.9. The van der Waals surface area contributed by atoms with Crippen molar-refractivity contribution in [1.29, 1.82) is 5.26 Å². The summed E-state index contributed by atoms with van der Waals surface area (Å²) in [4.78, 5) is 0. The minimum absolute atomic E-state index is 0.101. The SMILES string of the molecule is COc1ccsc1S(=O)(=O)N(CCC#N)c1cccc(C)c1. The summed E-state index contributed by atoms with van der Waals surface area (Å²) in [6, 6.07) is 10.8. The molecule has 0 N–H and O–H groups in total. The van der Waals surface area contributed by atoms with Gasteiger partial charge in [0.25, 0.3) is 10.0 Å². The van der Waals surface area contributed by atoms with Crippen LogP contribution in [0, 0.1) is 18.3 Å². The second kappa shape index (κ2) is 6.81. The molecule has 5 nitrogen and oxygen atoms in total. The minimum Gasteiger partial charge on any atom is -0.494 e. The molecule has 0 aliphatic heterocycles. The number of hydrogen-bond acceptors (Lipinski definition) is 5. The van der Waals surface area contributed by atoms with Crippen LogP contribution in [0.15, 0.2) is 39.9 Å². The number of aryl methyl sites for hydroxylation is 1. The van der Waals surface area contributed by atoms with Crippen LogP contribution in [-0.2, 0) is 10.0 Å². The molecule has 0 saturated carbocycles. The van der Waals surface area contributed by atoms with Crippen molar-refractivity contribution in [2.75, 3.05) is 18.0 Å². The standard InChI is InChI=1S/C15H16N2O3S2/c1-12-5-3-6-13(11-12)17(9-4-8-16)22(18,19)15-14(20-2)7-10-21-15/h3,5-7,10-11H,4,9H2,1-2H3. The van der Waals surface area contributed by atoms with Crippen molar-refractivity contribution in [3.8, 4) is 11.8 Å². The number of nitriles is 1. The van der Waals surface area contributed by atoms with Crippen molar-refractivity contribution < 1.29 is 13.2 Å². The van der Waals surface area contributed by atoms with E-state index in [1.165, 1.54) is 11.4 Å². The highest BCUT2D eigenvalue weighted by Crippen LogP contribution is 2.34. The second-order valence-corrected chi connectivity index (χ2v) is 7.57. The van der Waals surface area contributed by atoms with E-state index < -0.39 is 10.0 Å². The molecule has 0 spiro atoms. The fourth-order valence-corrected chi connectivity index (χ4v) is 4.88. The zero-order valence-corrected chi connectivity index (χ0v) is 13.9. The van der Waals surface area contributed by atoms with E-state index in [1.54, 1.807) is 29.6 Å². The van der Waals surface area contributed by atoms with E-state index >= 15 is 0 Å². The third-order valence-corrected chi connectivity index (χ3v) is 6.31. The summed E-state index contributed by atoms with van der Waals surface area (Å²) >= 11 is 1.10. The molecule has 116 valence electrons. The predicted octanol–water partition coefficient (Wildman–Crippen LogP) is 3.17. The molecule has 2 rings (SSSR count). The van der Waals surface area contributed by atoms with E-state index in [0.717, 1.165) is 16.9 Å². The topological polar surface area (TPSA) is 70.4 Å². The Hall–Kier alpha value is -2.04. The van der Waals surface area contributed by atoms with Gasteiger partial charge in [0, 0.05) is 6.54 Å². The van der Waals surface area contributed by atoms with Crippen LogP contribution in [0.2, 0.25) is 0 Å². The highest BCUT2D eigenvalue weighted by Gasteiger charge is 2.29. The van der Waals surface area contributed by atoms with Gasteiger partial charge in [0.05, 0.1) is 25.3 Å². The zero-order chi connectivity index (χ0) is 16.2. The third kappa shape index (κ3) is 3.24. The molecule has 0 atom stereocenters. The van der Waals surface area contributed by atoms with Crippen molar-refractivity contribution >= 4 is 27.0 Å². The van der Waals surface area contributed by atoms with Gasteiger partial charge in [-0.25, -0.2) is 8.42 Å². The molecular formula is C15H16N2O3S2. The first-order chi connectivity index (χ1) is 10.5. The Morgan fingerprint density at radius 1 is 1.36 bits per heavy atom. The molecule has 0 unspecified atom stereocenters. The first kappa shape index (κ1) is 16.3. The largest absolute Gasteiger partial charge is 0.494 e. The molecule has 1 heterocycles. The molecule has 22 heavy (non-hydrogen) atoms. The highest BCUT2D eigenvalue weighted by molar-refractivity contribution is 7.94. The van der Waals surface area contributed by atoms with Crippen LogP contribution in [0.3, 0.4) is 0 Å². The molecule has 0 amide bonds. The van der Waals surface area contributed by atoms with Crippen molar-refractivity contribution in [3.63, 3.8) is 0 Å². The van der Waals surface area contributed by atoms with Crippen LogP contribution in [0.1, 0.15) is 12.0 Å². The highest BCUT2D eigenvalue weighted by atomic mass is 32.2. The normalized spacial score (nSPS) is 11.0. The van der Waals surface area contributed by atoms with E-state index in [1.807, 2.05) is 19.1 Å². The summed E-state index contributed by atoms with van der Waals surface area (Å²) < 4.78 is 32.4. The number of nitrogens with zero attached hydrogens (tertiary/aromatic N) is 2. The lowest BCUT2D eigenvalue weighted by atomic mass is 10.2. The van der Waals surface area contributed by atoms with E-state index in [2.05, 4.69) is 0 Å². The van der Waals surface area contributed by atoms with Gasteiger partial charge in [-0.15, -0.1) is 11.3 Å². The Labute approximate surface area is 134 Å². The summed E-state index contributed by atoms with van der Waals surface area (Å²) in [6.45, 7) is 1.99. The van der Waals surface area contributed by atoms with Gasteiger partial charge < -0.3 is 4.74 Å². The van der Waals surface area contributed by atoms with E-state index in [4.69, 9.17) is 10.00 Å². The van der Waals surface area contributed by atoms with Crippen LogP contribution in [0.4, 0.5) is 5.69 Å². The van der Waals surface area contributed by atoms with E-state index in [-0.39, 0.29) is 17.2 Å². The molecule has 0 aliphatic rings. The Morgan fingerprint density at radius 3 is 2.77 bits per heavy atom. The zero-order valence-electron chi connectivity index (χ0n) is 12.3.